The smallest absolute Gasteiger partial charge is 0.356 e. The Balaban J connectivity index is 1.50. The Labute approximate surface area is 157 Å². The highest BCUT2D eigenvalue weighted by Crippen LogP contribution is 2.28. The monoisotopic (exact) mass is 387 g/mol. The Morgan fingerprint density at radius 1 is 1.12 bits per heavy atom. The van der Waals surface area contributed by atoms with E-state index in [9.17, 15) is 4.79 Å². The van der Waals surface area contributed by atoms with E-state index in [0.717, 1.165) is 10.9 Å². The maximum Gasteiger partial charge on any atom is 0.356 e. The van der Waals surface area contributed by atoms with Crippen LogP contribution in [0.2, 0.25) is 10.0 Å². The molecular formula is C18H11Cl2N3O3. The van der Waals surface area contributed by atoms with Gasteiger partial charge in [-0.3, -0.25) is 0 Å². The highest BCUT2D eigenvalue weighted by atomic mass is 35.5. The molecule has 26 heavy (non-hydrogen) atoms. The van der Waals surface area contributed by atoms with Gasteiger partial charge in [0.15, 0.2) is 6.61 Å². The highest BCUT2D eigenvalue weighted by molar-refractivity contribution is 6.38. The van der Waals surface area contributed by atoms with E-state index in [2.05, 4.69) is 15.1 Å². The summed E-state index contributed by atoms with van der Waals surface area (Å²) < 4.78 is 10.4. The molecule has 0 aliphatic carbocycles. The summed E-state index contributed by atoms with van der Waals surface area (Å²) in [6.45, 7) is -0.154. The predicted octanol–water partition coefficient (Wildman–Crippen LogP) is 4.88. The van der Waals surface area contributed by atoms with Crippen molar-refractivity contribution < 1.29 is 14.1 Å². The lowest BCUT2D eigenvalue weighted by atomic mass is 10.2. The third-order valence-corrected chi connectivity index (χ3v) is 4.47. The number of aromatic amines is 1. The maximum atomic E-state index is 12.3. The molecule has 0 amide bonds. The van der Waals surface area contributed by atoms with Gasteiger partial charge in [0.1, 0.15) is 5.69 Å². The number of fused-ring (bicyclic) bond motifs is 1. The number of rotatable bonds is 4. The SMILES string of the molecule is O=C(OCc1noc(-c2ccccc2Cl)n1)c1[nH]c2ccccc2c1Cl. The number of carbonyl (C=O) groups is 1. The number of nitrogens with one attached hydrogen (secondary N) is 1. The minimum Gasteiger partial charge on any atom is -0.453 e. The Kier molecular flexibility index (Phi) is 4.36. The van der Waals surface area contributed by atoms with Crippen LogP contribution in [0.5, 0.6) is 0 Å². The van der Waals surface area contributed by atoms with Gasteiger partial charge < -0.3 is 14.2 Å². The summed E-state index contributed by atoms with van der Waals surface area (Å²) in [5.74, 6) is -0.124. The van der Waals surface area contributed by atoms with E-state index < -0.39 is 5.97 Å². The number of H-pyrrole nitrogens is 1. The molecule has 130 valence electrons. The molecule has 0 spiro atoms. The van der Waals surface area contributed by atoms with Crippen molar-refractivity contribution >= 4 is 40.1 Å². The van der Waals surface area contributed by atoms with Gasteiger partial charge in [0.2, 0.25) is 5.82 Å². The minimum absolute atomic E-state index is 0.154. The van der Waals surface area contributed by atoms with Gasteiger partial charge in [-0.15, -0.1) is 0 Å². The number of halogens is 2. The zero-order chi connectivity index (χ0) is 18.1. The first kappa shape index (κ1) is 16.6. The van der Waals surface area contributed by atoms with Crippen LogP contribution < -0.4 is 0 Å². The molecule has 0 aliphatic heterocycles. The van der Waals surface area contributed by atoms with Crippen molar-refractivity contribution in [2.75, 3.05) is 0 Å². The third kappa shape index (κ3) is 3.05. The second-order valence-corrected chi connectivity index (χ2v) is 6.22. The molecule has 4 aromatic rings. The lowest BCUT2D eigenvalue weighted by Crippen LogP contribution is -2.07. The number of hydrogen-bond acceptors (Lipinski definition) is 5. The van der Waals surface area contributed by atoms with Gasteiger partial charge >= 0.3 is 5.97 Å². The number of esters is 1. The van der Waals surface area contributed by atoms with E-state index in [0.29, 0.717) is 15.6 Å². The number of hydrogen-bond donors (Lipinski definition) is 1. The zero-order valence-corrected chi connectivity index (χ0v) is 14.7. The molecule has 4 rings (SSSR count). The van der Waals surface area contributed by atoms with Crippen LogP contribution in [-0.2, 0) is 11.3 Å². The first-order valence-corrected chi connectivity index (χ1v) is 8.40. The van der Waals surface area contributed by atoms with E-state index in [1.54, 1.807) is 18.2 Å². The average Bonchev–Trinajstić information content (AvgIpc) is 3.25. The second kappa shape index (κ2) is 6.82. The van der Waals surface area contributed by atoms with Crippen molar-refractivity contribution in [3.63, 3.8) is 0 Å². The van der Waals surface area contributed by atoms with Gasteiger partial charge in [0, 0.05) is 10.9 Å². The van der Waals surface area contributed by atoms with E-state index in [1.165, 1.54) is 0 Å². The summed E-state index contributed by atoms with van der Waals surface area (Å²) in [5, 5.41) is 5.36. The van der Waals surface area contributed by atoms with Crippen LogP contribution in [0.4, 0.5) is 0 Å². The third-order valence-electron chi connectivity index (χ3n) is 3.75. The van der Waals surface area contributed by atoms with E-state index in [-0.39, 0.29) is 24.0 Å². The molecule has 0 aliphatic rings. The van der Waals surface area contributed by atoms with Crippen molar-refractivity contribution in [2.24, 2.45) is 0 Å². The van der Waals surface area contributed by atoms with Crippen LogP contribution in [0.15, 0.2) is 53.1 Å². The molecule has 0 atom stereocenters. The molecule has 2 aromatic heterocycles. The van der Waals surface area contributed by atoms with Crippen LogP contribution in [-0.4, -0.2) is 21.1 Å². The quantitative estimate of drug-likeness (QED) is 0.504. The number of carbonyl (C=O) groups excluding carboxylic acids is 1. The van der Waals surface area contributed by atoms with Crippen molar-refractivity contribution in [2.45, 2.75) is 6.61 Å². The van der Waals surface area contributed by atoms with Gasteiger partial charge in [-0.1, -0.05) is 58.7 Å². The summed E-state index contributed by atoms with van der Waals surface area (Å²) >= 11 is 12.3. The highest BCUT2D eigenvalue weighted by Gasteiger charge is 2.19. The van der Waals surface area contributed by atoms with Crippen LogP contribution >= 0.6 is 23.2 Å². The average molecular weight is 388 g/mol. The molecule has 6 nitrogen and oxygen atoms in total. The molecule has 2 aromatic carbocycles. The first-order chi connectivity index (χ1) is 12.6. The van der Waals surface area contributed by atoms with Crippen molar-refractivity contribution in [1.82, 2.24) is 15.1 Å². The van der Waals surface area contributed by atoms with Crippen LogP contribution in [0.25, 0.3) is 22.4 Å². The van der Waals surface area contributed by atoms with Gasteiger partial charge in [-0.05, 0) is 18.2 Å². The minimum atomic E-state index is -0.602. The fraction of sp³-hybridized carbons (Fsp3) is 0.0556. The fourth-order valence-electron chi connectivity index (χ4n) is 2.51. The largest absolute Gasteiger partial charge is 0.453 e. The van der Waals surface area contributed by atoms with Gasteiger partial charge in [0.25, 0.3) is 5.89 Å². The normalized spacial score (nSPS) is 11.0. The molecule has 0 radical (unpaired) electrons. The van der Waals surface area contributed by atoms with Gasteiger partial charge in [-0.25, -0.2) is 4.79 Å². The molecule has 0 unspecified atom stereocenters. The van der Waals surface area contributed by atoms with Crippen LogP contribution in [0.3, 0.4) is 0 Å². The van der Waals surface area contributed by atoms with E-state index in [1.807, 2.05) is 30.3 Å². The summed E-state index contributed by atoms with van der Waals surface area (Å²) in [6, 6.07) is 14.4. The Morgan fingerprint density at radius 2 is 1.88 bits per heavy atom. The lowest BCUT2D eigenvalue weighted by Gasteiger charge is -2.00. The predicted molar refractivity (Wildman–Crippen MR) is 97.2 cm³/mol. The van der Waals surface area contributed by atoms with Gasteiger partial charge in [-0.2, -0.15) is 4.98 Å². The molecule has 0 fully saturated rings. The topological polar surface area (TPSA) is 81.0 Å². The number of para-hydroxylation sites is 1. The standard InChI is InChI=1S/C18H11Cl2N3O3/c19-12-7-3-1-5-10(12)17-22-14(23-26-17)9-25-18(24)16-15(20)11-6-2-4-8-13(11)21-16/h1-8,21H,9H2. The number of aromatic nitrogens is 3. The van der Waals surface area contributed by atoms with E-state index >= 15 is 0 Å². The lowest BCUT2D eigenvalue weighted by molar-refractivity contribution is 0.0454. The van der Waals surface area contributed by atoms with E-state index in [4.69, 9.17) is 32.5 Å². The number of nitrogens with zero attached hydrogens (tertiary/aromatic N) is 2. The van der Waals surface area contributed by atoms with Crippen LogP contribution in [0.1, 0.15) is 16.3 Å². The molecular weight excluding hydrogens is 377 g/mol. The molecule has 8 heteroatoms. The number of benzene rings is 2. The van der Waals surface area contributed by atoms with Crippen molar-refractivity contribution in [3.8, 4) is 11.5 Å². The molecule has 2 heterocycles. The summed E-state index contributed by atoms with van der Waals surface area (Å²) in [5.41, 5.74) is 1.55. The van der Waals surface area contributed by atoms with Crippen LogP contribution in [0, 0.1) is 0 Å². The summed E-state index contributed by atoms with van der Waals surface area (Å²) in [4.78, 5) is 19.4. The summed E-state index contributed by atoms with van der Waals surface area (Å²) in [6.07, 6.45) is 0. The molecule has 0 bridgehead atoms. The zero-order valence-electron chi connectivity index (χ0n) is 13.2. The first-order valence-electron chi connectivity index (χ1n) is 7.64. The van der Waals surface area contributed by atoms with Crippen molar-refractivity contribution in [3.05, 3.63) is 70.1 Å². The molecule has 1 N–H and O–H groups in total. The Hall–Kier alpha value is -2.83. The maximum absolute atomic E-state index is 12.3. The van der Waals surface area contributed by atoms with Crippen molar-refractivity contribution in [1.29, 1.82) is 0 Å². The Morgan fingerprint density at radius 3 is 2.69 bits per heavy atom. The number of ether oxygens (including phenoxy) is 1. The Bertz CT molecular complexity index is 1100. The van der Waals surface area contributed by atoms with Gasteiger partial charge in [0.05, 0.1) is 15.6 Å². The fourth-order valence-corrected chi connectivity index (χ4v) is 3.01. The summed E-state index contributed by atoms with van der Waals surface area (Å²) in [7, 11) is 0. The second-order valence-electron chi connectivity index (χ2n) is 5.43. The molecule has 0 saturated carbocycles. The molecule has 0 saturated heterocycles.